The number of allylic oxidation sites excluding steroid dienone is 3. The molecule has 0 spiro atoms. The quantitative estimate of drug-likeness (QED) is 0.508. The number of halogens is 1. The van der Waals surface area contributed by atoms with Gasteiger partial charge in [-0.25, -0.2) is 4.39 Å². The predicted molar refractivity (Wildman–Crippen MR) is 137 cm³/mol. The van der Waals surface area contributed by atoms with Crippen molar-refractivity contribution < 1.29 is 4.39 Å². The van der Waals surface area contributed by atoms with E-state index in [9.17, 15) is 4.39 Å². The van der Waals surface area contributed by atoms with E-state index in [1.165, 1.54) is 5.57 Å². The van der Waals surface area contributed by atoms with E-state index in [0.29, 0.717) is 12.1 Å². The molecular weight excluding hydrogens is 397 g/mol. The molecule has 1 aliphatic rings. The van der Waals surface area contributed by atoms with Gasteiger partial charge >= 0.3 is 0 Å². The van der Waals surface area contributed by atoms with Crippen molar-refractivity contribution >= 4 is 0 Å². The summed E-state index contributed by atoms with van der Waals surface area (Å²) in [5.74, 6) is -0.193. The third-order valence-electron chi connectivity index (χ3n) is 5.11. The Bertz CT molecular complexity index is 929. The van der Waals surface area contributed by atoms with Crippen molar-refractivity contribution in [3.8, 4) is 11.1 Å². The highest BCUT2D eigenvalue weighted by Crippen LogP contribution is 2.32. The third-order valence-corrected chi connectivity index (χ3v) is 5.11. The lowest BCUT2D eigenvalue weighted by atomic mass is 9.92. The van der Waals surface area contributed by atoms with E-state index in [0.717, 1.165) is 54.1 Å². The van der Waals surface area contributed by atoms with Crippen molar-refractivity contribution in [2.24, 2.45) is 5.73 Å². The summed E-state index contributed by atoms with van der Waals surface area (Å²) in [5, 5.41) is 0. The normalized spacial score (nSPS) is 13.6. The van der Waals surface area contributed by atoms with Gasteiger partial charge in [-0.3, -0.25) is 9.88 Å². The summed E-state index contributed by atoms with van der Waals surface area (Å²) >= 11 is 0. The van der Waals surface area contributed by atoms with Crippen molar-refractivity contribution in [2.45, 2.75) is 61.1 Å². The third kappa shape index (κ3) is 7.25. The van der Waals surface area contributed by atoms with Crippen molar-refractivity contribution in [3.05, 3.63) is 89.1 Å². The molecule has 2 aromatic rings. The average molecular weight is 438 g/mol. The molecule has 0 atom stereocenters. The molecule has 0 saturated heterocycles. The fraction of sp³-hybridized carbons (Fsp3) is 0.393. The van der Waals surface area contributed by atoms with Crippen molar-refractivity contribution in [3.63, 3.8) is 0 Å². The monoisotopic (exact) mass is 437 g/mol. The number of hydrogen-bond acceptors (Lipinski definition) is 3. The smallest absolute Gasteiger partial charge is 0.131 e. The standard InChI is InChI=1S/C24H28FN3.2C2H6/c1-4-6-7-18(5-2)15-28-11-10-21-22(13-19(14-26)27-24(21)16-28)20-9-8-17(3)12-23(20)25;2*1-2/h4-9,12-13H,2,10-11,14-16,26H2,1,3H3;2*1-2H3/b6-4-,18-7+;;. The van der Waals surface area contributed by atoms with Crippen LogP contribution in [0.15, 0.2) is 60.7 Å². The number of aryl methyl sites for hydroxylation is 1. The van der Waals surface area contributed by atoms with Crippen LogP contribution in [-0.4, -0.2) is 23.0 Å². The van der Waals surface area contributed by atoms with E-state index in [1.807, 2.05) is 78.0 Å². The van der Waals surface area contributed by atoms with Gasteiger partial charge in [0.05, 0.1) is 11.4 Å². The summed E-state index contributed by atoms with van der Waals surface area (Å²) in [6.45, 7) is 18.6. The molecule has 174 valence electrons. The lowest BCUT2D eigenvalue weighted by Gasteiger charge is -2.30. The Hall–Kier alpha value is -2.56. The average Bonchev–Trinajstić information content (AvgIpc) is 2.83. The van der Waals surface area contributed by atoms with Crippen molar-refractivity contribution in [1.82, 2.24) is 9.88 Å². The zero-order valence-electron chi connectivity index (χ0n) is 20.7. The van der Waals surface area contributed by atoms with Crippen LogP contribution in [0.2, 0.25) is 0 Å². The zero-order chi connectivity index (χ0) is 24.1. The van der Waals surface area contributed by atoms with E-state index < -0.39 is 0 Å². The van der Waals surface area contributed by atoms with Gasteiger partial charge < -0.3 is 5.73 Å². The number of fused-ring (bicyclic) bond motifs is 1. The fourth-order valence-corrected chi connectivity index (χ4v) is 3.63. The minimum atomic E-state index is -0.193. The molecule has 0 bridgehead atoms. The Morgan fingerprint density at radius 2 is 1.91 bits per heavy atom. The first-order chi connectivity index (χ1) is 15.5. The number of nitrogens with two attached hydrogens (primary N) is 1. The van der Waals surface area contributed by atoms with Crippen LogP contribution in [0.4, 0.5) is 4.39 Å². The highest BCUT2D eigenvalue weighted by molar-refractivity contribution is 5.70. The summed E-state index contributed by atoms with van der Waals surface area (Å²) in [4.78, 5) is 7.11. The van der Waals surface area contributed by atoms with E-state index in [4.69, 9.17) is 10.7 Å². The first kappa shape index (κ1) is 27.5. The largest absolute Gasteiger partial charge is 0.325 e. The minimum Gasteiger partial charge on any atom is -0.325 e. The summed E-state index contributed by atoms with van der Waals surface area (Å²) in [5.41, 5.74) is 12.5. The summed E-state index contributed by atoms with van der Waals surface area (Å²) < 4.78 is 14.7. The first-order valence-electron chi connectivity index (χ1n) is 11.7. The second-order valence-corrected chi connectivity index (χ2v) is 7.21. The van der Waals surface area contributed by atoms with E-state index in [1.54, 1.807) is 6.07 Å². The maximum Gasteiger partial charge on any atom is 0.131 e. The second-order valence-electron chi connectivity index (χ2n) is 7.21. The number of rotatable bonds is 6. The Balaban J connectivity index is 0.00000121. The molecule has 2 heterocycles. The van der Waals surface area contributed by atoms with Crippen LogP contribution in [0.1, 0.15) is 57.1 Å². The minimum absolute atomic E-state index is 0.193. The molecule has 32 heavy (non-hydrogen) atoms. The van der Waals surface area contributed by atoms with Gasteiger partial charge in [-0.05, 0) is 54.7 Å². The number of hydrogen-bond donors (Lipinski definition) is 1. The van der Waals surface area contributed by atoms with Gasteiger partial charge in [0.15, 0.2) is 0 Å². The van der Waals surface area contributed by atoms with Crippen LogP contribution in [0.5, 0.6) is 0 Å². The lowest BCUT2D eigenvalue weighted by Crippen LogP contribution is -2.33. The molecule has 1 aromatic carbocycles. The molecule has 1 aliphatic heterocycles. The van der Waals surface area contributed by atoms with E-state index in [-0.39, 0.29) is 5.82 Å². The Labute approximate surface area is 194 Å². The van der Waals surface area contributed by atoms with E-state index in [2.05, 4.69) is 17.6 Å². The van der Waals surface area contributed by atoms with Crippen LogP contribution >= 0.6 is 0 Å². The molecule has 3 rings (SSSR count). The highest BCUT2D eigenvalue weighted by Gasteiger charge is 2.23. The number of benzene rings is 1. The maximum absolute atomic E-state index is 14.7. The summed E-state index contributed by atoms with van der Waals surface area (Å²) in [6.07, 6.45) is 8.85. The zero-order valence-corrected chi connectivity index (χ0v) is 20.7. The molecule has 0 fully saturated rings. The van der Waals surface area contributed by atoms with Crippen LogP contribution in [0.25, 0.3) is 11.1 Å². The molecule has 4 heteroatoms. The van der Waals surface area contributed by atoms with E-state index >= 15 is 0 Å². The van der Waals surface area contributed by atoms with Crippen LogP contribution in [-0.2, 0) is 19.5 Å². The topological polar surface area (TPSA) is 42.1 Å². The van der Waals surface area contributed by atoms with Crippen LogP contribution in [0, 0.1) is 12.7 Å². The van der Waals surface area contributed by atoms with Gasteiger partial charge in [0.2, 0.25) is 0 Å². The SMILES string of the molecule is C=C/C(=C\C=C/C)CN1CCc2c(-c3ccc(C)cc3F)cc(CN)nc2C1.CC.CC. The number of pyridine rings is 1. The number of aromatic nitrogens is 1. The highest BCUT2D eigenvalue weighted by atomic mass is 19.1. The van der Waals surface area contributed by atoms with Gasteiger partial charge in [-0.15, -0.1) is 0 Å². The van der Waals surface area contributed by atoms with Crippen molar-refractivity contribution in [1.29, 1.82) is 0 Å². The Morgan fingerprint density at radius 1 is 1.19 bits per heavy atom. The number of nitrogens with zero attached hydrogens (tertiary/aromatic N) is 2. The van der Waals surface area contributed by atoms with Gasteiger partial charge in [0.25, 0.3) is 0 Å². The predicted octanol–water partition coefficient (Wildman–Crippen LogP) is 6.75. The fourth-order valence-electron chi connectivity index (χ4n) is 3.63. The Kier molecular flexibility index (Phi) is 12.4. The molecule has 0 amide bonds. The van der Waals surface area contributed by atoms with Gasteiger partial charge in [-0.1, -0.05) is 70.7 Å². The second kappa shape index (κ2) is 14.5. The lowest BCUT2D eigenvalue weighted by molar-refractivity contribution is 0.273. The molecule has 0 aliphatic carbocycles. The molecule has 0 saturated carbocycles. The summed E-state index contributed by atoms with van der Waals surface area (Å²) in [6, 6.07) is 7.35. The van der Waals surface area contributed by atoms with Crippen molar-refractivity contribution in [2.75, 3.05) is 13.1 Å². The van der Waals surface area contributed by atoms with Gasteiger partial charge in [0, 0.05) is 31.7 Å². The molecular formula is C28H40FN3. The summed E-state index contributed by atoms with van der Waals surface area (Å²) in [7, 11) is 0. The first-order valence-corrected chi connectivity index (χ1v) is 11.7. The van der Waals surface area contributed by atoms with Crippen LogP contribution in [0.3, 0.4) is 0 Å². The molecule has 3 nitrogen and oxygen atoms in total. The molecule has 2 N–H and O–H groups in total. The van der Waals surface area contributed by atoms with Gasteiger partial charge in [0.1, 0.15) is 5.82 Å². The molecule has 0 unspecified atom stereocenters. The molecule has 1 aromatic heterocycles. The molecule has 0 radical (unpaired) electrons. The van der Waals surface area contributed by atoms with Crippen LogP contribution < -0.4 is 5.73 Å². The van der Waals surface area contributed by atoms with Gasteiger partial charge in [-0.2, -0.15) is 0 Å². The Morgan fingerprint density at radius 3 is 2.50 bits per heavy atom. The maximum atomic E-state index is 14.7.